The van der Waals surface area contributed by atoms with Crippen LogP contribution in [-0.4, -0.2) is 40.4 Å². The molecule has 0 spiro atoms. The van der Waals surface area contributed by atoms with Crippen molar-refractivity contribution in [2.45, 2.75) is 65.8 Å². The highest BCUT2D eigenvalue weighted by Gasteiger charge is 2.14. The minimum atomic E-state index is 0.490. The summed E-state index contributed by atoms with van der Waals surface area (Å²) in [6.45, 7) is 7.64. The highest BCUT2D eigenvalue weighted by atomic mass is 15.5. The summed E-state index contributed by atoms with van der Waals surface area (Å²) in [6, 6.07) is 12.5. The third-order valence-corrected chi connectivity index (χ3v) is 5.70. The molecule has 4 aromatic rings. The van der Waals surface area contributed by atoms with Crippen LogP contribution >= 0.6 is 0 Å². The molecule has 4 rings (SSSR count). The number of benzene rings is 1. The third kappa shape index (κ3) is 5.88. The maximum absolute atomic E-state index is 4.90. The van der Waals surface area contributed by atoms with Gasteiger partial charge in [-0.1, -0.05) is 63.9 Å². The number of hydrogen-bond donors (Lipinski definition) is 1. The smallest absolute Gasteiger partial charge is 0.223 e. The first kappa shape index (κ1) is 22.8. The summed E-state index contributed by atoms with van der Waals surface area (Å²) >= 11 is 0. The lowest BCUT2D eigenvalue weighted by atomic mass is 10.0. The largest absolute Gasteiger partial charge is 0.252 e. The Morgan fingerprint density at radius 2 is 1.91 bits per heavy atom. The van der Waals surface area contributed by atoms with Gasteiger partial charge in [0.2, 0.25) is 5.82 Å². The van der Waals surface area contributed by atoms with Gasteiger partial charge < -0.3 is 0 Å². The van der Waals surface area contributed by atoms with Crippen molar-refractivity contribution in [3.05, 3.63) is 59.8 Å². The monoisotopic (exact) mass is 444 g/mol. The molecule has 0 bridgehead atoms. The van der Waals surface area contributed by atoms with Gasteiger partial charge in [0.25, 0.3) is 0 Å². The van der Waals surface area contributed by atoms with E-state index in [2.05, 4.69) is 75.3 Å². The van der Waals surface area contributed by atoms with Crippen LogP contribution in [0.25, 0.3) is 22.6 Å². The minimum Gasteiger partial charge on any atom is -0.252 e. The fourth-order valence-electron chi connectivity index (χ4n) is 3.83. The number of aromatic amines is 1. The van der Waals surface area contributed by atoms with E-state index < -0.39 is 0 Å². The van der Waals surface area contributed by atoms with Crippen molar-refractivity contribution in [3.8, 4) is 22.6 Å². The quantitative estimate of drug-likeness (QED) is 0.331. The fraction of sp³-hybridized carbons (Fsp3) is 0.440. The summed E-state index contributed by atoms with van der Waals surface area (Å²) in [7, 11) is 0. The predicted octanol–water partition coefficient (Wildman–Crippen LogP) is 4.89. The molecule has 0 amide bonds. The molecule has 8 heteroatoms. The summed E-state index contributed by atoms with van der Waals surface area (Å²) in [5.41, 5.74) is 3.96. The Morgan fingerprint density at radius 1 is 1.06 bits per heavy atom. The second kappa shape index (κ2) is 10.9. The van der Waals surface area contributed by atoms with Gasteiger partial charge in [-0.3, -0.25) is 4.98 Å². The lowest BCUT2D eigenvalue weighted by Gasteiger charge is -2.08. The summed E-state index contributed by atoms with van der Waals surface area (Å²) in [4.78, 5) is 9.36. The normalized spacial score (nSPS) is 11.4. The number of aromatic nitrogens is 8. The first-order valence-corrected chi connectivity index (χ1v) is 11.8. The van der Waals surface area contributed by atoms with Crippen LogP contribution in [0, 0.1) is 5.92 Å². The van der Waals surface area contributed by atoms with Crippen molar-refractivity contribution in [3.63, 3.8) is 0 Å². The van der Waals surface area contributed by atoms with E-state index >= 15 is 0 Å². The molecule has 0 aliphatic carbocycles. The van der Waals surface area contributed by atoms with E-state index in [1.807, 2.05) is 12.1 Å². The maximum Gasteiger partial charge on any atom is 0.223 e. The topological polar surface area (TPSA) is 98.1 Å². The SMILES string of the molecule is CCCCCn1nc(CCC(C)C)nc1Cc1ccc(-c2cccnc2-c2nn[nH]n2)cc1. The predicted molar refractivity (Wildman–Crippen MR) is 128 cm³/mol. The molecule has 33 heavy (non-hydrogen) atoms. The second-order valence-electron chi connectivity index (χ2n) is 8.82. The molecule has 3 heterocycles. The number of unbranched alkanes of at least 4 members (excludes halogenated alkanes) is 2. The van der Waals surface area contributed by atoms with Crippen molar-refractivity contribution in [2.24, 2.45) is 5.92 Å². The first-order chi connectivity index (χ1) is 16.1. The van der Waals surface area contributed by atoms with Crippen molar-refractivity contribution in [1.82, 2.24) is 40.4 Å². The van der Waals surface area contributed by atoms with Gasteiger partial charge in [0, 0.05) is 31.1 Å². The molecule has 1 N–H and O–H groups in total. The average Bonchev–Trinajstić information content (AvgIpc) is 3.49. The number of nitrogens with one attached hydrogen (secondary N) is 1. The summed E-state index contributed by atoms with van der Waals surface area (Å²) < 4.78 is 2.12. The van der Waals surface area contributed by atoms with Gasteiger partial charge in [-0.05, 0) is 41.2 Å². The lowest BCUT2D eigenvalue weighted by molar-refractivity contribution is 0.525. The van der Waals surface area contributed by atoms with Crippen LogP contribution < -0.4 is 0 Å². The average molecular weight is 445 g/mol. The number of nitrogens with zero attached hydrogens (tertiary/aromatic N) is 7. The first-order valence-electron chi connectivity index (χ1n) is 11.8. The van der Waals surface area contributed by atoms with E-state index in [1.54, 1.807) is 6.20 Å². The molecule has 0 atom stereocenters. The third-order valence-electron chi connectivity index (χ3n) is 5.70. The van der Waals surface area contributed by atoms with Gasteiger partial charge >= 0.3 is 0 Å². The van der Waals surface area contributed by atoms with Crippen molar-refractivity contribution < 1.29 is 0 Å². The van der Waals surface area contributed by atoms with Crippen molar-refractivity contribution >= 4 is 0 Å². The van der Waals surface area contributed by atoms with Crippen LogP contribution in [0.1, 0.15) is 63.7 Å². The zero-order chi connectivity index (χ0) is 23.0. The van der Waals surface area contributed by atoms with Crippen molar-refractivity contribution in [1.29, 1.82) is 0 Å². The molecule has 0 unspecified atom stereocenters. The van der Waals surface area contributed by atoms with E-state index in [0.717, 1.165) is 55.0 Å². The summed E-state index contributed by atoms with van der Waals surface area (Å²) in [6.07, 6.45) is 8.10. The molecule has 0 fully saturated rings. The molecule has 0 aliphatic heterocycles. The molecule has 8 nitrogen and oxygen atoms in total. The Bertz CT molecular complexity index is 1130. The van der Waals surface area contributed by atoms with Crippen LogP contribution in [-0.2, 0) is 19.4 Å². The molecule has 0 saturated carbocycles. The minimum absolute atomic E-state index is 0.490. The number of H-pyrrole nitrogens is 1. The molecule has 0 aliphatic rings. The molecule has 172 valence electrons. The van der Waals surface area contributed by atoms with Crippen LogP contribution in [0.4, 0.5) is 0 Å². The summed E-state index contributed by atoms with van der Waals surface area (Å²) in [5.74, 6) is 3.15. The molecule has 0 radical (unpaired) electrons. The van der Waals surface area contributed by atoms with Crippen LogP contribution in [0.3, 0.4) is 0 Å². The van der Waals surface area contributed by atoms with Gasteiger partial charge in [-0.2, -0.15) is 10.3 Å². The highest BCUT2D eigenvalue weighted by Crippen LogP contribution is 2.28. The van der Waals surface area contributed by atoms with Crippen molar-refractivity contribution in [2.75, 3.05) is 0 Å². The Labute approximate surface area is 194 Å². The number of pyridine rings is 1. The van der Waals surface area contributed by atoms with Crippen LogP contribution in [0.5, 0.6) is 0 Å². The molecule has 1 aromatic carbocycles. The van der Waals surface area contributed by atoms with E-state index in [9.17, 15) is 0 Å². The molecule has 0 saturated heterocycles. The Balaban J connectivity index is 1.53. The van der Waals surface area contributed by atoms with E-state index in [4.69, 9.17) is 10.1 Å². The Kier molecular flexibility index (Phi) is 7.55. The highest BCUT2D eigenvalue weighted by molar-refractivity contribution is 5.77. The van der Waals surface area contributed by atoms with E-state index in [-0.39, 0.29) is 0 Å². The van der Waals surface area contributed by atoms with Crippen LogP contribution in [0.2, 0.25) is 0 Å². The molecular weight excluding hydrogens is 412 g/mol. The maximum atomic E-state index is 4.90. The lowest BCUT2D eigenvalue weighted by Crippen LogP contribution is -2.07. The van der Waals surface area contributed by atoms with Gasteiger partial charge in [0.1, 0.15) is 11.5 Å². The zero-order valence-electron chi connectivity index (χ0n) is 19.7. The summed E-state index contributed by atoms with van der Waals surface area (Å²) in [5, 5.41) is 19.2. The molecular formula is C25H32N8. The Hall–Kier alpha value is -3.42. The second-order valence-corrected chi connectivity index (χ2v) is 8.82. The van der Waals surface area contributed by atoms with E-state index in [1.165, 1.54) is 18.4 Å². The van der Waals surface area contributed by atoms with Crippen LogP contribution in [0.15, 0.2) is 42.6 Å². The molecule has 3 aromatic heterocycles. The van der Waals surface area contributed by atoms with Gasteiger partial charge in [-0.15, -0.1) is 10.2 Å². The Morgan fingerprint density at radius 3 is 2.64 bits per heavy atom. The van der Waals surface area contributed by atoms with Gasteiger partial charge in [-0.25, -0.2) is 9.67 Å². The fourth-order valence-corrected chi connectivity index (χ4v) is 3.83. The van der Waals surface area contributed by atoms with Gasteiger partial charge in [0.15, 0.2) is 5.82 Å². The number of aryl methyl sites for hydroxylation is 2. The zero-order valence-corrected chi connectivity index (χ0v) is 19.7. The van der Waals surface area contributed by atoms with E-state index in [0.29, 0.717) is 17.4 Å². The standard InChI is InChI=1S/C25H32N8/c1-4-5-6-16-33-23(27-22(30-33)14-9-18(2)3)17-19-10-12-20(13-11-19)21-8-7-15-26-24(21)25-28-31-32-29-25/h7-8,10-13,15,18H,4-6,9,14,16-17H2,1-3H3,(H,28,29,31,32). The van der Waals surface area contributed by atoms with Gasteiger partial charge in [0.05, 0.1) is 0 Å². The number of rotatable bonds is 11. The number of hydrogen-bond acceptors (Lipinski definition) is 6. The number of tetrazole rings is 1.